The Morgan fingerprint density at radius 2 is 2.05 bits per heavy atom. The molecule has 8 nitrogen and oxygen atoms in total. The number of anilines is 1. The highest BCUT2D eigenvalue weighted by Gasteiger charge is 2.29. The van der Waals surface area contributed by atoms with Crippen LogP contribution in [0.25, 0.3) is 0 Å². The maximum absolute atomic E-state index is 12.6. The van der Waals surface area contributed by atoms with Crippen LogP contribution in [0.15, 0.2) is 18.2 Å². The number of hydrogen-bond donors (Lipinski definition) is 2. The van der Waals surface area contributed by atoms with Crippen molar-refractivity contribution < 1.29 is 14.5 Å². The lowest BCUT2D eigenvalue weighted by molar-refractivity contribution is -0.384. The van der Waals surface area contributed by atoms with Crippen LogP contribution in [0.5, 0.6) is 0 Å². The lowest BCUT2D eigenvalue weighted by Gasteiger charge is -2.35. The van der Waals surface area contributed by atoms with Gasteiger partial charge >= 0.3 is 0 Å². The smallest absolute Gasteiger partial charge is 0.294 e. The van der Waals surface area contributed by atoms with Crippen molar-refractivity contribution in [3.8, 4) is 0 Å². The van der Waals surface area contributed by atoms with Gasteiger partial charge in [0.25, 0.3) is 11.6 Å². The maximum atomic E-state index is 12.6. The summed E-state index contributed by atoms with van der Waals surface area (Å²) in [5.74, 6) is 5.06. The standard InChI is InChI=1S/C13H18N4O4/c1-8-6-16(7-9(2)21-8)13(18)10-4-3-5-11(17(19)20)12(10)15-14/h3-5,8-9,15H,6-7,14H2,1-2H3/t8-,9+. The molecule has 0 radical (unpaired) electrons. The van der Waals surface area contributed by atoms with Crippen molar-refractivity contribution in [2.75, 3.05) is 18.5 Å². The summed E-state index contributed by atoms with van der Waals surface area (Å²) in [7, 11) is 0. The lowest BCUT2D eigenvalue weighted by atomic mass is 10.1. The van der Waals surface area contributed by atoms with E-state index >= 15 is 0 Å². The molecule has 1 amide bonds. The average molecular weight is 294 g/mol. The third kappa shape index (κ3) is 3.11. The lowest BCUT2D eigenvalue weighted by Crippen LogP contribution is -2.48. The topological polar surface area (TPSA) is 111 Å². The third-order valence-corrected chi connectivity index (χ3v) is 3.32. The predicted molar refractivity (Wildman–Crippen MR) is 76.8 cm³/mol. The fraction of sp³-hybridized carbons (Fsp3) is 0.462. The molecule has 0 spiro atoms. The summed E-state index contributed by atoms with van der Waals surface area (Å²) in [6, 6.07) is 4.30. The van der Waals surface area contributed by atoms with Gasteiger partial charge in [0.15, 0.2) is 0 Å². The van der Waals surface area contributed by atoms with Gasteiger partial charge in [0, 0.05) is 19.2 Å². The molecule has 0 aromatic heterocycles. The molecule has 8 heteroatoms. The first-order chi connectivity index (χ1) is 9.93. The normalized spacial score (nSPS) is 22.0. The molecule has 0 saturated carbocycles. The number of carbonyl (C=O) groups excluding carboxylic acids is 1. The molecule has 1 aromatic carbocycles. The molecule has 1 saturated heterocycles. The van der Waals surface area contributed by atoms with Gasteiger partial charge in [-0.3, -0.25) is 20.8 Å². The van der Waals surface area contributed by atoms with Crippen molar-refractivity contribution in [2.24, 2.45) is 5.84 Å². The molecule has 2 rings (SSSR count). The van der Waals surface area contributed by atoms with E-state index in [4.69, 9.17) is 10.6 Å². The van der Waals surface area contributed by atoms with E-state index < -0.39 is 4.92 Å². The second-order valence-corrected chi connectivity index (χ2v) is 5.07. The Morgan fingerprint density at radius 3 is 2.57 bits per heavy atom. The molecule has 0 aliphatic carbocycles. The highest BCUT2D eigenvalue weighted by molar-refractivity contribution is 6.01. The predicted octanol–water partition coefficient (Wildman–Crippen LogP) is 1.13. The number of hydrazine groups is 1. The van der Waals surface area contributed by atoms with Crippen molar-refractivity contribution in [3.05, 3.63) is 33.9 Å². The van der Waals surface area contributed by atoms with E-state index in [0.29, 0.717) is 13.1 Å². The Kier molecular flexibility index (Phi) is 4.39. The van der Waals surface area contributed by atoms with Gasteiger partial charge in [0.05, 0.1) is 22.7 Å². The van der Waals surface area contributed by atoms with Crippen LogP contribution < -0.4 is 11.3 Å². The minimum atomic E-state index is -0.573. The SMILES string of the molecule is C[C@@H]1CN(C(=O)c2cccc([N+](=O)[O-])c2NN)C[C@H](C)O1. The number of hydrogen-bond acceptors (Lipinski definition) is 6. The molecule has 2 atom stereocenters. The van der Waals surface area contributed by atoms with Gasteiger partial charge in [-0.1, -0.05) is 6.07 Å². The fourth-order valence-corrected chi connectivity index (χ4v) is 2.54. The van der Waals surface area contributed by atoms with Gasteiger partial charge in [-0.05, 0) is 19.9 Å². The number of benzene rings is 1. The summed E-state index contributed by atoms with van der Waals surface area (Å²) in [5.41, 5.74) is 2.26. The van der Waals surface area contributed by atoms with Crippen LogP contribution in [-0.2, 0) is 4.74 Å². The minimum Gasteiger partial charge on any atom is -0.372 e. The van der Waals surface area contributed by atoms with Crippen LogP contribution in [0.2, 0.25) is 0 Å². The molecule has 1 heterocycles. The Balaban J connectivity index is 2.35. The largest absolute Gasteiger partial charge is 0.372 e. The zero-order valence-corrected chi connectivity index (χ0v) is 11.9. The van der Waals surface area contributed by atoms with Crippen molar-refractivity contribution in [2.45, 2.75) is 26.1 Å². The maximum Gasteiger partial charge on any atom is 0.294 e. The molecule has 114 valence electrons. The molecule has 1 fully saturated rings. The Bertz CT molecular complexity index is 553. The highest BCUT2D eigenvalue weighted by atomic mass is 16.6. The van der Waals surface area contributed by atoms with Crippen molar-refractivity contribution in [3.63, 3.8) is 0 Å². The number of nitro benzene ring substituents is 1. The number of nitrogens with zero attached hydrogens (tertiary/aromatic N) is 2. The summed E-state index contributed by atoms with van der Waals surface area (Å²) in [6.45, 7) is 4.64. The van der Waals surface area contributed by atoms with Gasteiger partial charge in [-0.15, -0.1) is 0 Å². The Morgan fingerprint density at radius 1 is 1.43 bits per heavy atom. The second-order valence-electron chi connectivity index (χ2n) is 5.07. The summed E-state index contributed by atoms with van der Waals surface area (Å²) < 4.78 is 5.58. The number of nitrogens with one attached hydrogen (secondary N) is 1. The summed E-state index contributed by atoms with van der Waals surface area (Å²) in [4.78, 5) is 24.6. The summed E-state index contributed by atoms with van der Waals surface area (Å²) in [6.07, 6.45) is -0.156. The fourth-order valence-electron chi connectivity index (χ4n) is 2.54. The van der Waals surface area contributed by atoms with E-state index in [1.54, 1.807) is 4.90 Å². The van der Waals surface area contributed by atoms with E-state index in [0.717, 1.165) is 0 Å². The number of carbonyl (C=O) groups is 1. The van der Waals surface area contributed by atoms with Crippen molar-refractivity contribution in [1.29, 1.82) is 0 Å². The first-order valence-corrected chi connectivity index (χ1v) is 6.62. The van der Waals surface area contributed by atoms with Crippen LogP contribution in [0.3, 0.4) is 0 Å². The van der Waals surface area contributed by atoms with E-state index in [1.807, 2.05) is 13.8 Å². The summed E-state index contributed by atoms with van der Waals surface area (Å²) in [5, 5.41) is 11.0. The van der Waals surface area contributed by atoms with Gasteiger partial charge in [-0.2, -0.15) is 0 Å². The summed E-state index contributed by atoms with van der Waals surface area (Å²) >= 11 is 0. The van der Waals surface area contributed by atoms with Gasteiger partial charge in [-0.25, -0.2) is 0 Å². The number of nitrogen functional groups attached to an aromatic ring is 1. The van der Waals surface area contributed by atoms with E-state index in [1.165, 1.54) is 18.2 Å². The first-order valence-electron chi connectivity index (χ1n) is 6.62. The number of ether oxygens (including phenoxy) is 1. The van der Waals surface area contributed by atoms with Gasteiger partial charge in [0.2, 0.25) is 0 Å². The molecule has 3 N–H and O–H groups in total. The van der Waals surface area contributed by atoms with Crippen LogP contribution in [0.4, 0.5) is 11.4 Å². The molecule has 21 heavy (non-hydrogen) atoms. The van der Waals surface area contributed by atoms with Crippen LogP contribution in [0, 0.1) is 10.1 Å². The number of rotatable bonds is 3. The van der Waals surface area contributed by atoms with Crippen molar-refractivity contribution >= 4 is 17.3 Å². The first kappa shape index (κ1) is 15.2. The third-order valence-electron chi connectivity index (χ3n) is 3.32. The second kappa shape index (κ2) is 6.06. The Hall–Kier alpha value is -2.19. The van der Waals surface area contributed by atoms with Crippen LogP contribution >= 0.6 is 0 Å². The molecule has 0 bridgehead atoms. The highest BCUT2D eigenvalue weighted by Crippen LogP contribution is 2.29. The van der Waals surface area contributed by atoms with Crippen LogP contribution in [-0.4, -0.2) is 41.0 Å². The molecular weight excluding hydrogens is 276 g/mol. The molecule has 1 aliphatic rings. The molecule has 0 unspecified atom stereocenters. The van der Waals surface area contributed by atoms with E-state index in [9.17, 15) is 14.9 Å². The van der Waals surface area contributed by atoms with Crippen LogP contribution in [0.1, 0.15) is 24.2 Å². The van der Waals surface area contributed by atoms with Gasteiger partial charge < -0.3 is 15.1 Å². The zero-order chi connectivity index (χ0) is 15.6. The average Bonchev–Trinajstić information content (AvgIpc) is 2.44. The number of amides is 1. The van der Waals surface area contributed by atoms with Crippen molar-refractivity contribution in [1.82, 2.24) is 4.90 Å². The van der Waals surface area contributed by atoms with E-state index in [2.05, 4.69) is 5.43 Å². The monoisotopic (exact) mass is 294 g/mol. The van der Waals surface area contributed by atoms with E-state index in [-0.39, 0.29) is 35.1 Å². The molecule has 1 aromatic rings. The zero-order valence-electron chi connectivity index (χ0n) is 11.9. The quantitative estimate of drug-likeness (QED) is 0.491. The number of morpholine rings is 1. The number of nitrogens with two attached hydrogens (primary N) is 1. The number of para-hydroxylation sites is 1. The Labute approximate surface area is 122 Å². The minimum absolute atomic E-state index is 0.0271. The van der Waals surface area contributed by atoms with Gasteiger partial charge in [0.1, 0.15) is 5.69 Å². The number of nitro groups is 1. The molecular formula is C13H18N4O4. The molecule has 1 aliphatic heterocycles.